The zero-order valence-corrected chi connectivity index (χ0v) is 20.2. The van der Waals surface area contributed by atoms with Gasteiger partial charge in [0.25, 0.3) is 0 Å². The van der Waals surface area contributed by atoms with E-state index in [2.05, 4.69) is 25.2 Å². The quantitative estimate of drug-likeness (QED) is 0.476. The lowest BCUT2D eigenvalue weighted by molar-refractivity contribution is -0.00572. The lowest BCUT2D eigenvalue weighted by Gasteiger charge is -2.35. The van der Waals surface area contributed by atoms with Gasteiger partial charge < -0.3 is 15.0 Å². The van der Waals surface area contributed by atoms with Crippen LogP contribution in [0.4, 0.5) is 17.6 Å². The highest BCUT2D eigenvalue weighted by atomic mass is 35.5. The van der Waals surface area contributed by atoms with Crippen molar-refractivity contribution in [3.63, 3.8) is 0 Å². The molecule has 9 heteroatoms. The van der Waals surface area contributed by atoms with Crippen LogP contribution < -0.4 is 10.2 Å². The SMILES string of the molecule is Cc1cc(Nc2cc(CC(=O)c3c(Cl)cccc3Cl)ccn2)nc(N2CC(C)OC(C)C2)n1. The molecule has 4 rings (SSSR count). The fourth-order valence-corrected chi connectivity index (χ4v) is 4.53. The first-order valence-electron chi connectivity index (χ1n) is 10.7. The van der Waals surface area contributed by atoms with Crippen LogP contribution in [0.5, 0.6) is 0 Å². The third-order valence-corrected chi connectivity index (χ3v) is 5.86. The highest BCUT2D eigenvalue weighted by Crippen LogP contribution is 2.26. The van der Waals surface area contributed by atoms with E-state index in [1.54, 1.807) is 30.5 Å². The number of aryl methyl sites for hydroxylation is 1. The summed E-state index contributed by atoms with van der Waals surface area (Å²) < 4.78 is 5.82. The van der Waals surface area contributed by atoms with Crippen molar-refractivity contribution < 1.29 is 9.53 Å². The van der Waals surface area contributed by atoms with Crippen LogP contribution in [-0.2, 0) is 11.2 Å². The highest BCUT2D eigenvalue weighted by molar-refractivity contribution is 6.39. The molecule has 1 aromatic carbocycles. The van der Waals surface area contributed by atoms with E-state index in [1.807, 2.05) is 32.9 Å². The monoisotopic (exact) mass is 485 g/mol. The molecular weight excluding hydrogens is 461 g/mol. The van der Waals surface area contributed by atoms with E-state index in [4.69, 9.17) is 27.9 Å². The number of Topliss-reactive ketones (excluding diaryl/α,β-unsaturated/α-hetero) is 1. The van der Waals surface area contributed by atoms with Crippen LogP contribution in [0.15, 0.2) is 42.6 Å². The van der Waals surface area contributed by atoms with Crippen LogP contribution in [0.3, 0.4) is 0 Å². The summed E-state index contributed by atoms with van der Waals surface area (Å²) in [5.74, 6) is 1.71. The van der Waals surface area contributed by atoms with Crippen molar-refractivity contribution in [2.24, 2.45) is 0 Å². The predicted molar refractivity (Wildman–Crippen MR) is 131 cm³/mol. The molecule has 33 heavy (non-hydrogen) atoms. The number of rotatable bonds is 6. The van der Waals surface area contributed by atoms with Crippen LogP contribution in [-0.4, -0.2) is 46.0 Å². The predicted octanol–water partition coefficient (Wildman–Crippen LogP) is 5.27. The summed E-state index contributed by atoms with van der Waals surface area (Å²) in [7, 11) is 0. The highest BCUT2D eigenvalue weighted by Gasteiger charge is 2.24. The smallest absolute Gasteiger partial charge is 0.227 e. The summed E-state index contributed by atoms with van der Waals surface area (Å²) >= 11 is 12.4. The Morgan fingerprint density at radius 1 is 1.09 bits per heavy atom. The summed E-state index contributed by atoms with van der Waals surface area (Å²) in [5.41, 5.74) is 1.96. The molecule has 0 spiro atoms. The number of aromatic nitrogens is 3. The van der Waals surface area contributed by atoms with E-state index in [0.29, 0.717) is 33.2 Å². The molecule has 0 aliphatic carbocycles. The molecular formula is C24H25Cl2N5O2. The van der Waals surface area contributed by atoms with Crippen molar-refractivity contribution in [2.45, 2.75) is 39.4 Å². The van der Waals surface area contributed by atoms with Crippen LogP contribution in [0.25, 0.3) is 0 Å². The fraction of sp³-hybridized carbons (Fsp3) is 0.333. The Balaban J connectivity index is 1.52. The number of benzene rings is 1. The van der Waals surface area contributed by atoms with Gasteiger partial charge in [-0.2, -0.15) is 4.98 Å². The summed E-state index contributed by atoms with van der Waals surface area (Å²) in [4.78, 5) is 28.6. The molecule has 2 unspecified atom stereocenters. The number of anilines is 3. The lowest BCUT2D eigenvalue weighted by Crippen LogP contribution is -2.46. The third kappa shape index (κ3) is 5.79. The van der Waals surface area contributed by atoms with Crippen molar-refractivity contribution in [3.05, 3.63) is 69.5 Å². The first-order valence-corrected chi connectivity index (χ1v) is 11.5. The number of nitrogens with one attached hydrogen (secondary N) is 1. The van der Waals surface area contributed by atoms with Crippen LogP contribution >= 0.6 is 23.2 Å². The number of halogens is 2. The van der Waals surface area contributed by atoms with Crippen LogP contribution in [0.1, 0.15) is 35.5 Å². The van der Waals surface area contributed by atoms with E-state index in [1.165, 1.54) is 0 Å². The minimum Gasteiger partial charge on any atom is -0.372 e. The van der Waals surface area contributed by atoms with E-state index < -0.39 is 0 Å². The standard InChI is InChI=1S/C24H25Cl2N5O2/c1-14-9-22(30-24(28-14)31-12-15(2)33-16(3)13-31)29-21-11-17(7-8-27-21)10-20(32)23-18(25)5-4-6-19(23)26/h4-9,11,15-16H,10,12-13H2,1-3H3,(H,27,28,29,30). The second-order valence-corrected chi connectivity index (χ2v) is 9.04. The molecule has 0 bridgehead atoms. The van der Waals surface area contributed by atoms with Gasteiger partial charge in [0.1, 0.15) is 11.6 Å². The van der Waals surface area contributed by atoms with Gasteiger partial charge in [-0.25, -0.2) is 9.97 Å². The van der Waals surface area contributed by atoms with Crippen molar-refractivity contribution >= 4 is 46.6 Å². The molecule has 2 atom stereocenters. The number of carbonyl (C=O) groups excluding carboxylic acids is 1. The zero-order chi connectivity index (χ0) is 23.5. The van der Waals surface area contributed by atoms with Gasteiger partial charge in [-0.05, 0) is 50.6 Å². The first-order chi connectivity index (χ1) is 15.8. The molecule has 2 aromatic heterocycles. The number of ketones is 1. The van der Waals surface area contributed by atoms with Gasteiger partial charge >= 0.3 is 0 Å². The van der Waals surface area contributed by atoms with Gasteiger partial charge in [0, 0.05) is 37.5 Å². The minimum absolute atomic E-state index is 0.108. The lowest BCUT2D eigenvalue weighted by atomic mass is 10.0. The number of pyridine rings is 1. The average Bonchev–Trinajstić information content (AvgIpc) is 2.73. The van der Waals surface area contributed by atoms with E-state index in [-0.39, 0.29) is 24.4 Å². The molecule has 0 radical (unpaired) electrons. The molecule has 1 aliphatic heterocycles. The van der Waals surface area contributed by atoms with Gasteiger partial charge in [-0.15, -0.1) is 0 Å². The molecule has 3 heterocycles. The number of hydrogen-bond donors (Lipinski definition) is 1. The Morgan fingerprint density at radius 3 is 2.48 bits per heavy atom. The number of carbonyl (C=O) groups is 1. The third-order valence-electron chi connectivity index (χ3n) is 5.23. The first kappa shape index (κ1) is 23.4. The van der Waals surface area contributed by atoms with Crippen LogP contribution in [0.2, 0.25) is 10.0 Å². The van der Waals surface area contributed by atoms with Crippen molar-refractivity contribution in [3.8, 4) is 0 Å². The Hall–Kier alpha value is -2.74. The molecule has 3 aromatic rings. The second kappa shape index (κ2) is 10.0. The van der Waals surface area contributed by atoms with E-state index in [9.17, 15) is 4.79 Å². The number of hydrogen-bond acceptors (Lipinski definition) is 7. The maximum Gasteiger partial charge on any atom is 0.227 e. The summed E-state index contributed by atoms with van der Waals surface area (Å²) in [5, 5.41) is 3.93. The number of morpholine rings is 1. The van der Waals surface area contributed by atoms with Crippen molar-refractivity contribution in [2.75, 3.05) is 23.3 Å². The molecule has 1 N–H and O–H groups in total. The summed E-state index contributed by atoms with van der Waals surface area (Å²) in [6, 6.07) is 10.5. The topological polar surface area (TPSA) is 80.2 Å². The molecule has 7 nitrogen and oxygen atoms in total. The summed E-state index contributed by atoms with van der Waals surface area (Å²) in [6.45, 7) is 7.48. The van der Waals surface area contributed by atoms with E-state index in [0.717, 1.165) is 24.3 Å². The molecule has 0 amide bonds. The zero-order valence-electron chi connectivity index (χ0n) is 18.7. The van der Waals surface area contributed by atoms with Crippen molar-refractivity contribution in [1.82, 2.24) is 15.0 Å². The largest absolute Gasteiger partial charge is 0.372 e. The molecule has 1 saturated heterocycles. The fourth-order valence-electron chi connectivity index (χ4n) is 3.92. The van der Waals surface area contributed by atoms with Gasteiger partial charge in [0.2, 0.25) is 5.95 Å². The maximum absolute atomic E-state index is 12.8. The van der Waals surface area contributed by atoms with Gasteiger partial charge in [0.15, 0.2) is 5.78 Å². The molecule has 1 aliphatic rings. The van der Waals surface area contributed by atoms with Gasteiger partial charge in [0.05, 0.1) is 27.8 Å². The van der Waals surface area contributed by atoms with Crippen LogP contribution in [0, 0.1) is 6.92 Å². The number of nitrogens with zero attached hydrogens (tertiary/aromatic N) is 4. The van der Waals surface area contributed by atoms with Gasteiger partial charge in [-0.1, -0.05) is 29.3 Å². The minimum atomic E-state index is -0.154. The number of ether oxygens (including phenoxy) is 1. The molecule has 172 valence electrons. The Morgan fingerprint density at radius 2 is 1.79 bits per heavy atom. The molecule has 0 saturated carbocycles. The van der Waals surface area contributed by atoms with Crippen molar-refractivity contribution in [1.29, 1.82) is 0 Å². The Bertz CT molecular complexity index is 1140. The maximum atomic E-state index is 12.8. The molecule has 1 fully saturated rings. The average molecular weight is 486 g/mol. The van der Waals surface area contributed by atoms with E-state index >= 15 is 0 Å². The normalized spacial score (nSPS) is 18.3. The Kier molecular flexibility index (Phi) is 7.12. The summed E-state index contributed by atoms with van der Waals surface area (Å²) in [6.07, 6.45) is 2.02. The Labute approximate surface area is 203 Å². The van der Waals surface area contributed by atoms with Gasteiger partial charge in [-0.3, -0.25) is 4.79 Å². The second-order valence-electron chi connectivity index (χ2n) is 8.23.